The summed E-state index contributed by atoms with van der Waals surface area (Å²) in [6.07, 6.45) is 8.28. The summed E-state index contributed by atoms with van der Waals surface area (Å²) >= 11 is 0. The number of amides is 1. The number of hydrogen-bond donors (Lipinski definition) is 2. The number of carbonyl (C=O) groups excluding carboxylic acids is 1. The van der Waals surface area contributed by atoms with Gasteiger partial charge in [0.05, 0.1) is 0 Å². The lowest BCUT2D eigenvalue weighted by Gasteiger charge is -2.30. The summed E-state index contributed by atoms with van der Waals surface area (Å²) in [5.41, 5.74) is 9.58. The van der Waals surface area contributed by atoms with Gasteiger partial charge in [0.1, 0.15) is 5.82 Å². The van der Waals surface area contributed by atoms with E-state index in [2.05, 4.69) is 10.2 Å². The maximum atomic E-state index is 15.0. The number of benzene rings is 2. The minimum absolute atomic E-state index is 0.0262. The van der Waals surface area contributed by atoms with E-state index in [-0.39, 0.29) is 23.6 Å². The van der Waals surface area contributed by atoms with Gasteiger partial charge in [-0.05, 0) is 116 Å². The first-order chi connectivity index (χ1) is 17.9. The lowest BCUT2D eigenvalue weighted by Crippen LogP contribution is -2.39. The summed E-state index contributed by atoms with van der Waals surface area (Å²) in [5, 5.41) is 4.54. The van der Waals surface area contributed by atoms with E-state index in [4.69, 9.17) is 5.73 Å². The van der Waals surface area contributed by atoms with E-state index in [9.17, 15) is 14.0 Å². The number of hydrogen-bond acceptors (Lipinski definition) is 4. The van der Waals surface area contributed by atoms with Crippen molar-refractivity contribution in [2.45, 2.75) is 70.6 Å². The summed E-state index contributed by atoms with van der Waals surface area (Å²) in [5.74, 6) is -0.0518. The Morgan fingerprint density at radius 2 is 1.81 bits per heavy atom. The van der Waals surface area contributed by atoms with E-state index in [1.807, 2.05) is 29.0 Å². The van der Waals surface area contributed by atoms with Crippen LogP contribution in [-0.4, -0.2) is 40.5 Å². The van der Waals surface area contributed by atoms with Gasteiger partial charge in [0.25, 0.3) is 11.5 Å². The number of fused-ring (bicyclic) bond motifs is 1. The van der Waals surface area contributed by atoms with E-state index in [0.717, 1.165) is 68.4 Å². The van der Waals surface area contributed by atoms with Crippen LogP contribution < -0.4 is 16.6 Å². The number of aromatic nitrogens is 1. The topological polar surface area (TPSA) is 80.4 Å². The van der Waals surface area contributed by atoms with Crippen molar-refractivity contribution in [3.63, 3.8) is 0 Å². The number of nitrogens with two attached hydrogens (primary N) is 1. The van der Waals surface area contributed by atoms with E-state index >= 15 is 0 Å². The molecule has 0 radical (unpaired) electrons. The molecule has 1 aliphatic heterocycles. The van der Waals surface area contributed by atoms with Gasteiger partial charge in [-0.15, -0.1) is 0 Å². The van der Waals surface area contributed by atoms with Gasteiger partial charge < -0.3 is 15.6 Å². The smallest absolute Gasteiger partial charge is 0.258 e. The van der Waals surface area contributed by atoms with Gasteiger partial charge in [-0.25, -0.2) is 4.39 Å². The largest absolute Gasteiger partial charge is 0.349 e. The number of nitrogens with zero attached hydrogens (tertiary/aromatic N) is 2. The number of nitrogens with one attached hydrogen (secondary N) is 1. The molecule has 0 unspecified atom stereocenters. The zero-order valence-corrected chi connectivity index (χ0v) is 21.4. The van der Waals surface area contributed by atoms with Crippen LogP contribution >= 0.6 is 0 Å². The second-order valence-electron chi connectivity index (χ2n) is 11.3. The molecule has 194 valence electrons. The third kappa shape index (κ3) is 5.20. The molecule has 2 aliphatic carbocycles. The predicted molar refractivity (Wildman–Crippen MR) is 144 cm³/mol. The zero-order valence-electron chi connectivity index (χ0n) is 21.4. The molecular formula is C30H35FN4O2. The highest BCUT2D eigenvalue weighted by molar-refractivity contribution is 5.97. The molecule has 3 aliphatic rings. The van der Waals surface area contributed by atoms with Crippen LogP contribution in [0.25, 0.3) is 21.9 Å². The molecule has 3 N–H and O–H groups in total. The third-order valence-electron chi connectivity index (χ3n) is 8.18. The molecule has 2 heterocycles. The Balaban J connectivity index is 1.42. The molecule has 0 atom stereocenters. The summed E-state index contributed by atoms with van der Waals surface area (Å²) in [4.78, 5) is 28.5. The molecule has 2 aromatic carbocycles. The molecule has 37 heavy (non-hydrogen) atoms. The molecule has 1 saturated heterocycles. The van der Waals surface area contributed by atoms with Crippen molar-refractivity contribution in [3.05, 3.63) is 69.4 Å². The minimum Gasteiger partial charge on any atom is -0.349 e. The van der Waals surface area contributed by atoms with Gasteiger partial charge in [-0.1, -0.05) is 6.07 Å². The number of rotatable bonds is 7. The number of halogens is 1. The van der Waals surface area contributed by atoms with Crippen LogP contribution in [0.5, 0.6) is 0 Å². The number of pyridine rings is 1. The molecule has 2 saturated carbocycles. The lowest BCUT2D eigenvalue weighted by atomic mass is 9.94. The maximum absolute atomic E-state index is 15.0. The van der Waals surface area contributed by atoms with E-state index in [0.29, 0.717) is 28.0 Å². The van der Waals surface area contributed by atoms with Gasteiger partial charge in [0.2, 0.25) is 0 Å². The lowest BCUT2D eigenvalue weighted by molar-refractivity contribution is 0.0950. The van der Waals surface area contributed by atoms with Gasteiger partial charge in [-0.3, -0.25) is 14.5 Å². The van der Waals surface area contributed by atoms with Crippen LogP contribution in [0.3, 0.4) is 0 Å². The Bertz CT molecular complexity index is 1420. The van der Waals surface area contributed by atoms with Crippen molar-refractivity contribution in [2.24, 2.45) is 11.7 Å². The predicted octanol–water partition coefficient (Wildman–Crippen LogP) is 4.34. The first-order valence-corrected chi connectivity index (χ1v) is 13.6. The maximum Gasteiger partial charge on any atom is 0.258 e. The van der Waals surface area contributed by atoms with E-state index < -0.39 is 5.82 Å². The van der Waals surface area contributed by atoms with Crippen molar-refractivity contribution < 1.29 is 9.18 Å². The van der Waals surface area contributed by atoms with Crippen LogP contribution in [0.15, 0.2) is 41.3 Å². The van der Waals surface area contributed by atoms with Gasteiger partial charge >= 0.3 is 0 Å². The molecule has 0 bridgehead atoms. The Kier molecular flexibility index (Phi) is 6.37. The first-order valence-electron chi connectivity index (χ1n) is 13.6. The molecular weight excluding hydrogens is 467 g/mol. The Morgan fingerprint density at radius 3 is 2.51 bits per heavy atom. The second kappa shape index (κ2) is 9.69. The van der Waals surface area contributed by atoms with Crippen LogP contribution in [0.1, 0.15) is 60.0 Å². The van der Waals surface area contributed by atoms with Crippen LogP contribution in [0.2, 0.25) is 0 Å². The number of carbonyl (C=O) groups is 1. The van der Waals surface area contributed by atoms with Crippen LogP contribution in [0.4, 0.5) is 4.39 Å². The molecule has 6 rings (SSSR count). The third-order valence-corrected chi connectivity index (χ3v) is 8.18. The SMILES string of the molecule is Cc1c(F)cc(C(=O)NC2CC2)cc1-c1ccc2c(=O)n(CC3CC3)cc(CN3CCC(N)CC3)c2c1. The zero-order chi connectivity index (χ0) is 25.7. The molecule has 0 spiro atoms. The van der Waals surface area contributed by atoms with Crippen molar-refractivity contribution in [1.82, 2.24) is 14.8 Å². The normalized spacial score (nSPS) is 18.9. The summed E-state index contributed by atoms with van der Waals surface area (Å²) in [6, 6.07) is 9.32. The molecule has 3 fully saturated rings. The fourth-order valence-corrected chi connectivity index (χ4v) is 5.43. The quantitative estimate of drug-likeness (QED) is 0.504. The number of likely N-dealkylation sites (tertiary alicyclic amines) is 1. The molecule has 1 aromatic heterocycles. The molecule has 7 heteroatoms. The average Bonchev–Trinajstić information content (AvgIpc) is 3.82. The standard InChI is InChI=1S/C30H35FN4O2/c1-18-26(13-21(14-28(18)31)29(36)33-24-5-6-24)20-4-7-25-27(12-20)22(16-34-10-8-23(32)9-11-34)17-35(30(25)37)15-19-2-3-19/h4,7,12-14,17,19,23-24H,2-3,5-6,8-11,15-16,32H2,1H3,(H,33,36). The summed E-state index contributed by atoms with van der Waals surface area (Å²) in [6.45, 7) is 5.12. The number of piperidine rings is 1. The highest BCUT2D eigenvalue weighted by atomic mass is 19.1. The Hall–Kier alpha value is -3.03. The fraction of sp³-hybridized carbons (Fsp3) is 0.467. The highest BCUT2D eigenvalue weighted by Crippen LogP contribution is 2.33. The average molecular weight is 503 g/mol. The van der Waals surface area contributed by atoms with Crippen LogP contribution in [0, 0.1) is 18.7 Å². The monoisotopic (exact) mass is 502 g/mol. The fourth-order valence-electron chi connectivity index (χ4n) is 5.43. The van der Waals surface area contributed by atoms with Gasteiger partial charge in [-0.2, -0.15) is 0 Å². The van der Waals surface area contributed by atoms with Crippen LogP contribution in [-0.2, 0) is 13.1 Å². The highest BCUT2D eigenvalue weighted by Gasteiger charge is 2.26. The van der Waals surface area contributed by atoms with Gasteiger partial charge in [0.15, 0.2) is 0 Å². The Morgan fingerprint density at radius 1 is 1.05 bits per heavy atom. The first kappa shape index (κ1) is 24.3. The summed E-state index contributed by atoms with van der Waals surface area (Å²) in [7, 11) is 0. The van der Waals surface area contributed by atoms with Gasteiger partial charge in [0, 0.05) is 42.3 Å². The second-order valence-corrected chi connectivity index (χ2v) is 11.3. The van der Waals surface area contributed by atoms with Crippen molar-refractivity contribution >= 4 is 16.7 Å². The van der Waals surface area contributed by atoms with Crippen molar-refractivity contribution in [1.29, 1.82) is 0 Å². The molecule has 3 aromatic rings. The summed E-state index contributed by atoms with van der Waals surface area (Å²) < 4.78 is 16.9. The Labute approximate surface area is 216 Å². The van der Waals surface area contributed by atoms with E-state index in [1.54, 1.807) is 13.0 Å². The van der Waals surface area contributed by atoms with Crippen molar-refractivity contribution in [3.8, 4) is 11.1 Å². The molecule has 1 amide bonds. The molecule has 6 nitrogen and oxygen atoms in total. The van der Waals surface area contributed by atoms with E-state index in [1.165, 1.54) is 18.9 Å². The van der Waals surface area contributed by atoms with Crippen molar-refractivity contribution in [2.75, 3.05) is 13.1 Å². The minimum atomic E-state index is -0.400.